The van der Waals surface area contributed by atoms with Gasteiger partial charge in [-0.25, -0.2) is 4.79 Å². The Kier molecular flexibility index (Phi) is 5.72. The lowest BCUT2D eigenvalue weighted by atomic mass is 9.55. The van der Waals surface area contributed by atoms with Crippen molar-refractivity contribution in [2.45, 2.75) is 65.6 Å². The fraction of sp³-hybridized carbons (Fsp3) is 0.941. The molecule has 2 amide bonds. The van der Waals surface area contributed by atoms with Crippen LogP contribution < -0.4 is 10.6 Å². The van der Waals surface area contributed by atoms with E-state index in [4.69, 9.17) is 9.47 Å². The molecule has 2 fully saturated rings. The van der Waals surface area contributed by atoms with Gasteiger partial charge in [0.15, 0.2) is 0 Å². The van der Waals surface area contributed by atoms with Gasteiger partial charge < -0.3 is 20.1 Å². The van der Waals surface area contributed by atoms with Crippen LogP contribution in [-0.2, 0) is 9.47 Å². The highest BCUT2D eigenvalue weighted by Gasteiger charge is 2.58. The van der Waals surface area contributed by atoms with E-state index in [1.165, 1.54) is 0 Å². The molecule has 2 aliphatic rings. The molecule has 1 saturated heterocycles. The number of urea groups is 1. The third kappa shape index (κ3) is 3.93. The maximum atomic E-state index is 12.2. The van der Waals surface area contributed by atoms with Crippen LogP contribution in [0, 0.1) is 17.3 Å². The van der Waals surface area contributed by atoms with Gasteiger partial charge in [-0.1, -0.05) is 27.7 Å². The fourth-order valence-electron chi connectivity index (χ4n) is 3.74. The van der Waals surface area contributed by atoms with E-state index in [0.717, 1.165) is 26.1 Å². The Bertz CT molecular complexity index is 384. The van der Waals surface area contributed by atoms with Gasteiger partial charge in [-0.3, -0.25) is 0 Å². The normalized spacial score (nSPS) is 31.1. The summed E-state index contributed by atoms with van der Waals surface area (Å²) in [5.74, 6) is 0.974. The van der Waals surface area contributed by atoms with Crippen LogP contribution in [0.15, 0.2) is 0 Å². The molecule has 2 N–H and O–H groups in total. The molecule has 5 heteroatoms. The maximum Gasteiger partial charge on any atom is 0.315 e. The molecular formula is C17H32N2O3. The Labute approximate surface area is 134 Å². The third-order valence-corrected chi connectivity index (χ3v) is 4.81. The molecule has 4 unspecified atom stereocenters. The summed E-state index contributed by atoms with van der Waals surface area (Å²) in [6, 6.07) is 0.115. The third-order valence-electron chi connectivity index (χ3n) is 4.81. The summed E-state index contributed by atoms with van der Waals surface area (Å²) in [7, 11) is 0. The van der Waals surface area contributed by atoms with Crippen molar-refractivity contribution in [3.63, 3.8) is 0 Å². The van der Waals surface area contributed by atoms with Gasteiger partial charge in [-0.15, -0.1) is 0 Å². The predicted molar refractivity (Wildman–Crippen MR) is 86.8 cm³/mol. The van der Waals surface area contributed by atoms with Crippen LogP contribution in [0.4, 0.5) is 4.79 Å². The second-order valence-corrected chi connectivity index (χ2v) is 7.85. The van der Waals surface area contributed by atoms with E-state index < -0.39 is 0 Å². The first-order valence-corrected chi connectivity index (χ1v) is 8.58. The van der Waals surface area contributed by atoms with Crippen molar-refractivity contribution in [2.24, 2.45) is 17.3 Å². The number of hydrogen-bond donors (Lipinski definition) is 2. The molecule has 0 aromatic carbocycles. The van der Waals surface area contributed by atoms with Crippen molar-refractivity contribution < 1.29 is 14.3 Å². The lowest BCUT2D eigenvalue weighted by Crippen LogP contribution is -2.71. The maximum absolute atomic E-state index is 12.2. The summed E-state index contributed by atoms with van der Waals surface area (Å²) in [6.07, 6.45) is 2.53. The van der Waals surface area contributed by atoms with E-state index in [-0.39, 0.29) is 23.5 Å². The van der Waals surface area contributed by atoms with Gasteiger partial charge in [0.1, 0.15) is 0 Å². The number of carbonyl (C=O) groups is 1. The van der Waals surface area contributed by atoms with Crippen LogP contribution in [0.3, 0.4) is 0 Å². The van der Waals surface area contributed by atoms with Crippen molar-refractivity contribution in [2.75, 3.05) is 19.8 Å². The van der Waals surface area contributed by atoms with E-state index in [1.807, 2.05) is 6.92 Å². The number of amides is 2. The highest BCUT2D eigenvalue weighted by Crippen LogP contribution is 2.51. The van der Waals surface area contributed by atoms with Crippen molar-refractivity contribution in [3.05, 3.63) is 0 Å². The van der Waals surface area contributed by atoms with Gasteiger partial charge in [0, 0.05) is 30.6 Å². The first-order chi connectivity index (χ1) is 10.3. The van der Waals surface area contributed by atoms with E-state index in [2.05, 4.69) is 38.3 Å². The molecule has 0 spiro atoms. The van der Waals surface area contributed by atoms with E-state index in [9.17, 15) is 4.79 Å². The molecule has 1 saturated carbocycles. The summed E-state index contributed by atoms with van der Waals surface area (Å²) in [4.78, 5) is 12.2. The molecule has 2 rings (SSSR count). The molecule has 5 nitrogen and oxygen atoms in total. The standard InChI is InChI=1S/C17H32N2O3/c1-11(2)9-21-10-12(3)18-16(20)19-14-13-7-6-8-22-15(13)17(14,4)5/h11-15H,6-10H2,1-5H3,(H2,18,19,20). The van der Waals surface area contributed by atoms with Gasteiger partial charge in [-0.05, 0) is 25.7 Å². The number of carbonyl (C=O) groups excluding carboxylic acids is 1. The minimum absolute atomic E-state index is 0.0137. The van der Waals surface area contributed by atoms with Crippen molar-refractivity contribution in [1.82, 2.24) is 10.6 Å². The summed E-state index contributed by atoms with van der Waals surface area (Å²) in [6.45, 7) is 12.7. The molecule has 0 aromatic heterocycles. The topological polar surface area (TPSA) is 59.6 Å². The minimum atomic E-state index is -0.0947. The Morgan fingerprint density at radius 2 is 2.05 bits per heavy atom. The number of nitrogens with one attached hydrogen (secondary N) is 2. The Morgan fingerprint density at radius 1 is 1.32 bits per heavy atom. The largest absolute Gasteiger partial charge is 0.379 e. The summed E-state index contributed by atoms with van der Waals surface area (Å²) in [5, 5.41) is 6.12. The molecule has 0 aromatic rings. The first-order valence-electron chi connectivity index (χ1n) is 8.58. The number of ether oxygens (including phenoxy) is 2. The van der Waals surface area contributed by atoms with Gasteiger partial charge in [-0.2, -0.15) is 0 Å². The van der Waals surface area contributed by atoms with Crippen molar-refractivity contribution in [3.8, 4) is 0 Å². The van der Waals surface area contributed by atoms with Crippen molar-refractivity contribution >= 4 is 6.03 Å². The Hall–Kier alpha value is -0.810. The van der Waals surface area contributed by atoms with Gasteiger partial charge in [0.25, 0.3) is 0 Å². The molecule has 22 heavy (non-hydrogen) atoms. The lowest BCUT2D eigenvalue weighted by molar-refractivity contribution is -0.189. The lowest BCUT2D eigenvalue weighted by Gasteiger charge is -2.59. The molecule has 4 atom stereocenters. The molecule has 1 aliphatic heterocycles. The van der Waals surface area contributed by atoms with E-state index in [1.54, 1.807) is 0 Å². The number of rotatable bonds is 6. The van der Waals surface area contributed by atoms with Gasteiger partial charge in [0.05, 0.1) is 18.8 Å². The average molecular weight is 312 g/mol. The van der Waals surface area contributed by atoms with E-state index >= 15 is 0 Å². The highest BCUT2D eigenvalue weighted by molar-refractivity contribution is 5.75. The van der Waals surface area contributed by atoms with Crippen molar-refractivity contribution in [1.29, 1.82) is 0 Å². The minimum Gasteiger partial charge on any atom is -0.379 e. The fourth-order valence-corrected chi connectivity index (χ4v) is 3.74. The SMILES string of the molecule is CC(C)COCC(C)NC(=O)NC1C2CCCOC2C1(C)C. The number of hydrogen-bond acceptors (Lipinski definition) is 3. The second-order valence-electron chi connectivity index (χ2n) is 7.85. The smallest absolute Gasteiger partial charge is 0.315 e. The molecule has 0 bridgehead atoms. The van der Waals surface area contributed by atoms with Crippen LogP contribution in [-0.4, -0.2) is 44.0 Å². The zero-order chi connectivity index (χ0) is 16.3. The monoisotopic (exact) mass is 312 g/mol. The summed E-state index contributed by atoms with van der Waals surface area (Å²) >= 11 is 0. The second kappa shape index (κ2) is 7.18. The van der Waals surface area contributed by atoms with Gasteiger partial charge in [0.2, 0.25) is 0 Å². The quantitative estimate of drug-likeness (QED) is 0.792. The summed E-state index contributed by atoms with van der Waals surface area (Å²) in [5.41, 5.74) is 0.0137. The zero-order valence-corrected chi connectivity index (χ0v) is 14.6. The van der Waals surface area contributed by atoms with Gasteiger partial charge >= 0.3 is 6.03 Å². The molecule has 1 heterocycles. The van der Waals surface area contributed by atoms with Crippen LogP contribution in [0.2, 0.25) is 0 Å². The van der Waals surface area contributed by atoms with Crippen LogP contribution >= 0.6 is 0 Å². The molecule has 0 radical (unpaired) electrons. The average Bonchev–Trinajstić information content (AvgIpc) is 2.44. The molecule has 1 aliphatic carbocycles. The van der Waals surface area contributed by atoms with Crippen LogP contribution in [0.1, 0.15) is 47.5 Å². The summed E-state index contributed by atoms with van der Waals surface area (Å²) < 4.78 is 11.4. The van der Waals surface area contributed by atoms with Crippen LogP contribution in [0.25, 0.3) is 0 Å². The first kappa shape index (κ1) is 17.5. The predicted octanol–water partition coefficient (Wildman–Crippen LogP) is 2.55. The zero-order valence-electron chi connectivity index (χ0n) is 14.6. The highest BCUT2D eigenvalue weighted by atomic mass is 16.5. The Morgan fingerprint density at radius 3 is 2.73 bits per heavy atom. The molecular weight excluding hydrogens is 280 g/mol. The number of fused-ring (bicyclic) bond motifs is 1. The van der Waals surface area contributed by atoms with E-state index in [0.29, 0.717) is 24.5 Å². The molecule has 128 valence electrons. The Balaban J connectivity index is 1.74. The van der Waals surface area contributed by atoms with Crippen LogP contribution in [0.5, 0.6) is 0 Å².